The standard InChI is InChI=1S/C14H11Cl2FN2O2/c1-8(9-2-4-13(17)11(15)6-9)18-10-3-5-14(19(20)21)12(16)7-10/h2-8,18H,1H3. The number of rotatable bonds is 4. The molecule has 0 fully saturated rings. The molecule has 4 nitrogen and oxygen atoms in total. The molecule has 0 saturated heterocycles. The van der Waals surface area contributed by atoms with Crippen LogP contribution in [0.2, 0.25) is 10.0 Å². The monoisotopic (exact) mass is 328 g/mol. The van der Waals surface area contributed by atoms with Gasteiger partial charge in [-0.25, -0.2) is 4.39 Å². The summed E-state index contributed by atoms with van der Waals surface area (Å²) in [5, 5.41) is 13.9. The molecule has 0 spiro atoms. The van der Waals surface area contributed by atoms with Crippen molar-refractivity contribution in [2.24, 2.45) is 0 Å². The number of nitro groups is 1. The highest BCUT2D eigenvalue weighted by molar-refractivity contribution is 6.33. The first-order valence-electron chi connectivity index (χ1n) is 6.04. The maximum absolute atomic E-state index is 13.1. The first-order valence-corrected chi connectivity index (χ1v) is 6.79. The second-order valence-electron chi connectivity index (χ2n) is 4.46. The summed E-state index contributed by atoms with van der Waals surface area (Å²) in [6.45, 7) is 1.86. The highest BCUT2D eigenvalue weighted by Crippen LogP contribution is 2.29. The lowest BCUT2D eigenvalue weighted by Gasteiger charge is -2.16. The molecule has 2 aromatic carbocycles. The van der Waals surface area contributed by atoms with Crippen molar-refractivity contribution in [3.8, 4) is 0 Å². The molecule has 21 heavy (non-hydrogen) atoms. The molecule has 1 N–H and O–H groups in total. The van der Waals surface area contributed by atoms with Gasteiger partial charge in [0, 0.05) is 17.8 Å². The number of nitrogens with zero attached hydrogens (tertiary/aromatic N) is 1. The van der Waals surface area contributed by atoms with Crippen molar-refractivity contribution in [1.82, 2.24) is 0 Å². The Labute approximate surface area is 130 Å². The molecule has 0 aliphatic heterocycles. The van der Waals surface area contributed by atoms with Crippen molar-refractivity contribution in [3.63, 3.8) is 0 Å². The molecule has 0 heterocycles. The Balaban J connectivity index is 2.19. The number of anilines is 1. The molecule has 2 aromatic rings. The van der Waals surface area contributed by atoms with E-state index in [9.17, 15) is 14.5 Å². The van der Waals surface area contributed by atoms with Gasteiger partial charge >= 0.3 is 0 Å². The van der Waals surface area contributed by atoms with Crippen LogP contribution in [-0.4, -0.2) is 4.92 Å². The normalized spacial score (nSPS) is 12.0. The molecule has 2 rings (SSSR count). The van der Waals surface area contributed by atoms with Crippen LogP contribution in [0, 0.1) is 15.9 Å². The predicted molar refractivity (Wildman–Crippen MR) is 81.6 cm³/mol. The average molecular weight is 329 g/mol. The van der Waals surface area contributed by atoms with E-state index in [2.05, 4.69) is 5.32 Å². The van der Waals surface area contributed by atoms with Crippen LogP contribution in [-0.2, 0) is 0 Å². The van der Waals surface area contributed by atoms with E-state index in [1.54, 1.807) is 12.1 Å². The third-order valence-electron chi connectivity index (χ3n) is 2.97. The minimum Gasteiger partial charge on any atom is -0.378 e. The Morgan fingerprint density at radius 3 is 2.48 bits per heavy atom. The number of halogens is 3. The smallest absolute Gasteiger partial charge is 0.288 e. The Morgan fingerprint density at radius 2 is 1.90 bits per heavy atom. The molecule has 1 unspecified atom stereocenters. The molecule has 0 bridgehead atoms. The van der Waals surface area contributed by atoms with E-state index in [1.807, 2.05) is 6.92 Å². The highest BCUT2D eigenvalue weighted by atomic mass is 35.5. The highest BCUT2D eigenvalue weighted by Gasteiger charge is 2.14. The summed E-state index contributed by atoms with van der Waals surface area (Å²) < 4.78 is 13.1. The first-order chi connectivity index (χ1) is 9.88. The van der Waals surface area contributed by atoms with Crippen LogP contribution in [0.4, 0.5) is 15.8 Å². The van der Waals surface area contributed by atoms with E-state index in [1.165, 1.54) is 24.3 Å². The molecule has 7 heteroatoms. The minimum atomic E-state index is -0.546. The third kappa shape index (κ3) is 3.62. The van der Waals surface area contributed by atoms with Crippen molar-refractivity contribution in [3.05, 3.63) is 67.9 Å². The van der Waals surface area contributed by atoms with E-state index in [0.717, 1.165) is 5.56 Å². The molecule has 0 amide bonds. The number of nitro benzene ring substituents is 1. The largest absolute Gasteiger partial charge is 0.378 e. The third-order valence-corrected chi connectivity index (χ3v) is 3.56. The van der Waals surface area contributed by atoms with Gasteiger partial charge < -0.3 is 5.32 Å². The zero-order chi connectivity index (χ0) is 15.6. The van der Waals surface area contributed by atoms with Gasteiger partial charge in [0.05, 0.1) is 9.95 Å². The van der Waals surface area contributed by atoms with Gasteiger partial charge in [-0.15, -0.1) is 0 Å². The van der Waals surface area contributed by atoms with Gasteiger partial charge in [-0.2, -0.15) is 0 Å². The van der Waals surface area contributed by atoms with Crippen molar-refractivity contribution >= 4 is 34.6 Å². The predicted octanol–water partition coefficient (Wildman–Crippen LogP) is 5.21. The SMILES string of the molecule is CC(Nc1ccc([N+](=O)[O-])c(Cl)c1)c1ccc(F)c(Cl)c1. The van der Waals surface area contributed by atoms with E-state index in [4.69, 9.17) is 23.2 Å². The number of benzene rings is 2. The number of hydrogen-bond donors (Lipinski definition) is 1. The Kier molecular flexibility index (Phi) is 4.65. The van der Waals surface area contributed by atoms with Crippen LogP contribution in [0.25, 0.3) is 0 Å². The van der Waals surface area contributed by atoms with Crippen LogP contribution in [0.15, 0.2) is 36.4 Å². The van der Waals surface area contributed by atoms with Gasteiger partial charge in [0.2, 0.25) is 0 Å². The first kappa shape index (κ1) is 15.5. The molecule has 0 radical (unpaired) electrons. The summed E-state index contributed by atoms with van der Waals surface area (Å²) in [7, 11) is 0. The van der Waals surface area contributed by atoms with Crippen LogP contribution >= 0.6 is 23.2 Å². The molecule has 1 atom stereocenters. The Bertz CT molecular complexity index is 695. The summed E-state index contributed by atoms with van der Waals surface area (Å²) >= 11 is 11.6. The van der Waals surface area contributed by atoms with Gasteiger partial charge in [-0.05, 0) is 36.8 Å². The fourth-order valence-corrected chi connectivity index (χ4v) is 2.30. The van der Waals surface area contributed by atoms with E-state index >= 15 is 0 Å². The Morgan fingerprint density at radius 1 is 1.19 bits per heavy atom. The van der Waals surface area contributed by atoms with Gasteiger partial charge in [-0.3, -0.25) is 10.1 Å². The van der Waals surface area contributed by atoms with Gasteiger partial charge in [0.25, 0.3) is 5.69 Å². The molecular weight excluding hydrogens is 318 g/mol. The quantitative estimate of drug-likeness (QED) is 0.618. The maximum Gasteiger partial charge on any atom is 0.288 e. The molecule has 0 aliphatic rings. The van der Waals surface area contributed by atoms with Crippen molar-refractivity contribution in [2.45, 2.75) is 13.0 Å². The fourth-order valence-electron chi connectivity index (χ4n) is 1.86. The molecule has 0 aliphatic carbocycles. The van der Waals surface area contributed by atoms with Crippen molar-refractivity contribution < 1.29 is 9.31 Å². The molecule has 0 saturated carbocycles. The van der Waals surface area contributed by atoms with Crippen LogP contribution < -0.4 is 5.32 Å². The lowest BCUT2D eigenvalue weighted by Crippen LogP contribution is -2.07. The van der Waals surface area contributed by atoms with Crippen molar-refractivity contribution in [1.29, 1.82) is 0 Å². The summed E-state index contributed by atoms with van der Waals surface area (Å²) in [5.41, 5.74) is 1.26. The average Bonchev–Trinajstić information content (AvgIpc) is 2.41. The zero-order valence-electron chi connectivity index (χ0n) is 10.9. The zero-order valence-corrected chi connectivity index (χ0v) is 12.5. The van der Waals surface area contributed by atoms with Crippen LogP contribution in [0.5, 0.6) is 0 Å². The van der Waals surface area contributed by atoms with E-state index < -0.39 is 10.7 Å². The Hall–Kier alpha value is -1.85. The lowest BCUT2D eigenvalue weighted by molar-refractivity contribution is -0.384. The van der Waals surface area contributed by atoms with E-state index in [-0.39, 0.29) is 21.8 Å². The van der Waals surface area contributed by atoms with Crippen molar-refractivity contribution in [2.75, 3.05) is 5.32 Å². The topological polar surface area (TPSA) is 55.2 Å². The van der Waals surface area contributed by atoms with Crippen LogP contribution in [0.1, 0.15) is 18.5 Å². The second-order valence-corrected chi connectivity index (χ2v) is 5.28. The maximum atomic E-state index is 13.1. The summed E-state index contributed by atoms with van der Waals surface area (Å²) in [5.74, 6) is -0.481. The number of nitrogens with one attached hydrogen (secondary N) is 1. The van der Waals surface area contributed by atoms with E-state index in [0.29, 0.717) is 5.69 Å². The summed E-state index contributed by atoms with van der Waals surface area (Å²) in [6.07, 6.45) is 0. The lowest BCUT2D eigenvalue weighted by atomic mass is 10.1. The fraction of sp³-hybridized carbons (Fsp3) is 0.143. The summed E-state index contributed by atoms with van der Waals surface area (Å²) in [4.78, 5) is 10.2. The molecular formula is C14H11Cl2FN2O2. The van der Waals surface area contributed by atoms with Gasteiger partial charge in [-0.1, -0.05) is 29.3 Å². The van der Waals surface area contributed by atoms with Gasteiger partial charge in [0.1, 0.15) is 10.8 Å². The second kappa shape index (κ2) is 6.28. The minimum absolute atomic E-state index is 0.0443. The summed E-state index contributed by atoms with van der Waals surface area (Å²) in [6, 6.07) is 8.63. The molecule has 0 aromatic heterocycles. The van der Waals surface area contributed by atoms with Crippen LogP contribution in [0.3, 0.4) is 0 Å². The van der Waals surface area contributed by atoms with Gasteiger partial charge in [0.15, 0.2) is 0 Å². The molecule has 110 valence electrons. The number of hydrogen-bond acceptors (Lipinski definition) is 3.